The Balaban J connectivity index is 2.06. The number of ether oxygens (including phenoxy) is 2. The molecule has 124 valence electrons. The van der Waals surface area contributed by atoms with Crippen molar-refractivity contribution in [2.75, 3.05) is 7.11 Å². The molecule has 0 N–H and O–H groups in total. The van der Waals surface area contributed by atoms with Crippen molar-refractivity contribution in [3.05, 3.63) is 64.1 Å². The fourth-order valence-electron chi connectivity index (χ4n) is 2.32. The van der Waals surface area contributed by atoms with Gasteiger partial charge in [-0.2, -0.15) is 9.65 Å². The van der Waals surface area contributed by atoms with Crippen LogP contribution in [0.25, 0.3) is 10.9 Å². The molecule has 0 atom stereocenters. The third-order valence-electron chi connectivity index (χ3n) is 3.49. The number of methoxy groups -OCH3 is 1. The summed E-state index contributed by atoms with van der Waals surface area (Å²) in [5.74, 6) is -0.205. The van der Waals surface area contributed by atoms with E-state index < -0.39 is 16.4 Å². The molecule has 1 heterocycles. The summed E-state index contributed by atoms with van der Waals surface area (Å²) in [6, 6.07) is 9.96. The number of nitro benzene ring substituents is 1. The van der Waals surface area contributed by atoms with Crippen LogP contribution < -0.4 is 9.47 Å². The van der Waals surface area contributed by atoms with Crippen molar-refractivity contribution < 1.29 is 18.8 Å². The van der Waals surface area contributed by atoms with Crippen LogP contribution >= 0.6 is 0 Å². The van der Waals surface area contributed by atoms with E-state index in [2.05, 4.69) is 4.98 Å². The summed E-state index contributed by atoms with van der Waals surface area (Å²) >= 11 is 0. The van der Waals surface area contributed by atoms with Gasteiger partial charge in [-0.3, -0.25) is 15.1 Å². The van der Waals surface area contributed by atoms with Crippen LogP contribution in [0.3, 0.4) is 0 Å². The number of nitriles is 1. The fourth-order valence-corrected chi connectivity index (χ4v) is 2.32. The van der Waals surface area contributed by atoms with Crippen LogP contribution in [0, 0.1) is 27.3 Å². The predicted molar refractivity (Wildman–Crippen MR) is 86.1 cm³/mol. The molecule has 7 nitrogen and oxygen atoms in total. The number of benzene rings is 2. The van der Waals surface area contributed by atoms with Gasteiger partial charge in [-0.15, -0.1) is 0 Å². The quantitative estimate of drug-likeness (QED) is 0.527. The van der Waals surface area contributed by atoms with Crippen molar-refractivity contribution in [3.8, 4) is 23.3 Å². The lowest BCUT2D eigenvalue weighted by Crippen LogP contribution is -1.94. The van der Waals surface area contributed by atoms with Crippen LogP contribution in [0.5, 0.6) is 17.2 Å². The zero-order valence-electron chi connectivity index (χ0n) is 12.9. The normalized spacial score (nSPS) is 10.3. The van der Waals surface area contributed by atoms with E-state index in [1.165, 1.54) is 19.4 Å². The first-order chi connectivity index (χ1) is 12.0. The van der Waals surface area contributed by atoms with E-state index in [4.69, 9.17) is 9.47 Å². The minimum atomic E-state index is -1.000. The summed E-state index contributed by atoms with van der Waals surface area (Å²) < 4.78 is 24.5. The molecule has 1 aromatic heterocycles. The Bertz CT molecular complexity index is 1030. The molecule has 3 rings (SSSR count). The van der Waals surface area contributed by atoms with Crippen LogP contribution in [0.15, 0.2) is 42.6 Å². The monoisotopic (exact) mass is 339 g/mol. The molecule has 0 aliphatic heterocycles. The lowest BCUT2D eigenvalue weighted by molar-refractivity contribution is -0.387. The Morgan fingerprint density at radius 3 is 2.68 bits per heavy atom. The molecule has 0 saturated carbocycles. The summed E-state index contributed by atoms with van der Waals surface area (Å²) in [5, 5.41) is 20.4. The maximum atomic E-state index is 13.7. The van der Waals surface area contributed by atoms with Crippen LogP contribution in [-0.4, -0.2) is 17.0 Å². The maximum absolute atomic E-state index is 13.7. The summed E-state index contributed by atoms with van der Waals surface area (Å²) in [6.07, 6.45) is 1.49. The minimum Gasteiger partial charge on any atom is -0.495 e. The second-order valence-corrected chi connectivity index (χ2v) is 4.96. The molecule has 0 fully saturated rings. The average Bonchev–Trinajstić information content (AvgIpc) is 2.60. The highest BCUT2D eigenvalue weighted by Crippen LogP contribution is 2.34. The molecular weight excluding hydrogens is 329 g/mol. The zero-order valence-corrected chi connectivity index (χ0v) is 12.9. The van der Waals surface area contributed by atoms with Crippen LogP contribution in [-0.2, 0) is 0 Å². The number of fused-ring (bicyclic) bond motifs is 1. The van der Waals surface area contributed by atoms with Gasteiger partial charge in [-0.1, -0.05) is 0 Å². The van der Waals surface area contributed by atoms with Gasteiger partial charge in [0.15, 0.2) is 0 Å². The number of hydrogen-bond donors (Lipinski definition) is 0. The number of hydrogen-bond acceptors (Lipinski definition) is 6. The predicted octanol–water partition coefficient (Wildman–Crippen LogP) is 3.95. The molecule has 0 bridgehead atoms. The van der Waals surface area contributed by atoms with E-state index in [1.807, 2.05) is 6.07 Å². The first-order valence-corrected chi connectivity index (χ1v) is 7.02. The van der Waals surface area contributed by atoms with E-state index in [0.717, 1.165) is 12.1 Å². The molecule has 8 heteroatoms. The van der Waals surface area contributed by atoms with Crippen molar-refractivity contribution in [1.29, 1.82) is 5.26 Å². The second-order valence-electron chi connectivity index (χ2n) is 4.96. The van der Waals surface area contributed by atoms with Crippen molar-refractivity contribution in [2.45, 2.75) is 0 Å². The van der Waals surface area contributed by atoms with Crippen LogP contribution in [0.2, 0.25) is 0 Å². The highest BCUT2D eigenvalue weighted by atomic mass is 19.1. The first kappa shape index (κ1) is 16.1. The molecule has 2 aromatic carbocycles. The second kappa shape index (κ2) is 6.41. The molecule has 25 heavy (non-hydrogen) atoms. The summed E-state index contributed by atoms with van der Waals surface area (Å²) in [5.41, 5.74) is 0.182. The van der Waals surface area contributed by atoms with Gasteiger partial charge in [0.05, 0.1) is 23.1 Å². The largest absolute Gasteiger partial charge is 0.495 e. The molecule has 0 aliphatic rings. The number of pyridine rings is 1. The van der Waals surface area contributed by atoms with E-state index in [9.17, 15) is 19.8 Å². The number of rotatable bonds is 4. The third-order valence-corrected chi connectivity index (χ3v) is 3.49. The molecule has 3 aromatic rings. The number of aromatic nitrogens is 1. The minimum absolute atomic E-state index is 0.0879. The highest BCUT2D eigenvalue weighted by molar-refractivity contribution is 5.88. The first-order valence-electron chi connectivity index (χ1n) is 7.02. The Kier molecular flexibility index (Phi) is 4.14. The van der Waals surface area contributed by atoms with Gasteiger partial charge in [0.1, 0.15) is 23.3 Å². The fraction of sp³-hybridized carbons (Fsp3) is 0.0588. The lowest BCUT2D eigenvalue weighted by Gasteiger charge is -2.10. The molecule has 0 spiro atoms. The molecular formula is C17H10FN3O4. The number of nitro groups is 1. The van der Waals surface area contributed by atoms with E-state index >= 15 is 0 Å². The van der Waals surface area contributed by atoms with Gasteiger partial charge in [0.25, 0.3) is 0 Å². The molecule has 0 radical (unpaired) electrons. The van der Waals surface area contributed by atoms with Crippen molar-refractivity contribution in [2.24, 2.45) is 0 Å². The SMILES string of the molecule is COc1cc2nccc(Oc3ccc([N+](=O)[O-])c(F)c3)c2cc1C#N. The van der Waals surface area contributed by atoms with Gasteiger partial charge in [-0.25, -0.2) is 0 Å². The van der Waals surface area contributed by atoms with E-state index in [0.29, 0.717) is 28.0 Å². The molecule has 0 aliphatic carbocycles. The van der Waals surface area contributed by atoms with Crippen molar-refractivity contribution >= 4 is 16.6 Å². The lowest BCUT2D eigenvalue weighted by atomic mass is 10.1. The van der Waals surface area contributed by atoms with Crippen molar-refractivity contribution in [3.63, 3.8) is 0 Å². The highest BCUT2D eigenvalue weighted by Gasteiger charge is 2.16. The van der Waals surface area contributed by atoms with Gasteiger partial charge in [-0.05, 0) is 18.2 Å². The summed E-state index contributed by atoms with van der Waals surface area (Å²) in [7, 11) is 1.45. The van der Waals surface area contributed by atoms with Crippen LogP contribution in [0.1, 0.15) is 5.56 Å². The number of halogens is 1. The summed E-state index contributed by atoms with van der Waals surface area (Å²) in [6.45, 7) is 0. The van der Waals surface area contributed by atoms with Crippen LogP contribution in [0.4, 0.5) is 10.1 Å². The van der Waals surface area contributed by atoms with Gasteiger partial charge < -0.3 is 9.47 Å². The van der Waals surface area contributed by atoms with E-state index in [-0.39, 0.29) is 5.75 Å². The van der Waals surface area contributed by atoms with Gasteiger partial charge in [0, 0.05) is 29.8 Å². The average molecular weight is 339 g/mol. The van der Waals surface area contributed by atoms with Crippen molar-refractivity contribution in [1.82, 2.24) is 4.98 Å². The Morgan fingerprint density at radius 2 is 2.04 bits per heavy atom. The van der Waals surface area contributed by atoms with E-state index in [1.54, 1.807) is 18.2 Å². The summed E-state index contributed by atoms with van der Waals surface area (Å²) in [4.78, 5) is 14.0. The third kappa shape index (κ3) is 3.03. The Hall–Kier alpha value is -3.73. The Labute approximate surface area is 141 Å². The topological polar surface area (TPSA) is 98.3 Å². The van der Waals surface area contributed by atoms with Gasteiger partial charge in [0.2, 0.25) is 5.82 Å². The van der Waals surface area contributed by atoms with Gasteiger partial charge >= 0.3 is 5.69 Å². The zero-order chi connectivity index (χ0) is 18.0. The molecule has 0 saturated heterocycles. The maximum Gasteiger partial charge on any atom is 0.305 e. The Morgan fingerprint density at radius 1 is 1.24 bits per heavy atom. The standard InChI is InChI=1S/C17H10FN3O4/c1-24-17-8-14-12(6-10(17)9-19)16(4-5-20-14)25-11-2-3-15(21(22)23)13(18)7-11/h2-8H,1H3. The number of nitrogens with zero attached hydrogens (tertiary/aromatic N) is 3. The molecule has 0 unspecified atom stereocenters. The smallest absolute Gasteiger partial charge is 0.305 e. The molecule has 0 amide bonds.